The van der Waals surface area contributed by atoms with Crippen LogP contribution in [0.5, 0.6) is 5.75 Å². The van der Waals surface area contributed by atoms with Crippen molar-refractivity contribution in [2.45, 2.75) is 6.43 Å². The topological polar surface area (TPSA) is 33.0 Å². The van der Waals surface area contributed by atoms with Crippen molar-refractivity contribution in [3.8, 4) is 11.8 Å². The SMILES string of the molecule is COc1ccc(C(F)F)c(C#N)c1. The minimum absolute atomic E-state index is 0.0469. The number of nitrogens with zero attached hydrogens (tertiary/aromatic N) is 1. The molecular weight excluding hydrogens is 176 g/mol. The Balaban J connectivity index is 3.18. The number of nitriles is 1. The van der Waals surface area contributed by atoms with Gasteiger partial charge in [-0.3, -0.25) is 0 Å². The van der Waals surface area contributed by atoms with Gasteiger partial charge in [-0.05, 0) is 18.2 Å². The van der Waals surface area contributed by atoms with Crippen molar-refractivity contribution < 1.29 is 13.5 Å². The first kappa shape index (κ1) is 9.46. The van der Waals surface area contributed by atoms with E-state index in [0.29, 0.717) is 5.75 Å². The van der Waals surface area contributed by atoms with Gasteiger partial charge in [-0.1, -0.05) is 0 Å². The highest BCUT2D eigenvalue weighted by molar-refractivity contribution is 5.43. The van der Waals surface area contributed by atoms with Gasteiger partial charge in [-0.2, -0.15) is 5.26 Å². The predicted octanol–water partition coefficient (Wildman–Crippen LogP) is 2.50. The molecule has 0 fully saturated rings. The molecule has 0 N–H and O–H groups in total. The maximum atomic E-state index is 12.3. The number of ether oxygens (including phenoxy) is 1. The van der Waals surface area contributed by atoms with Crippen LogP contribution in [0.15, 0.2) is 18.2 Å². The van der Waals surface area contributed by atoms with Gasteiger partial charge in [0.2, 0.25) is 0 Å². The molecule has 4 heteroatoms. The van der Waals surface area contributed by atoms with Crippen LogP contribution >= 0.6 is 0 Å². The molecule has 0 unspecified atom stereocenters. The zero-order valence-electron chi connectivity index (χ0n) is 6.92. The third-order valence-corrected chi connectivity index (χ3v) is 1.62. The van der Waals surface area contributed by atoms with E-state index in [0.717, 1.165) is 0 Å². The van der Waals surface area contributed by atoms with E-state index in [1.165, 1.54) is 25.3 Å². The monoisotopic (exact) mass is 183 g/mol. The van der Waals surface area contributed by atoms with E-state index >= 15 is 0 Å². The molecule has 0 saturated heterocycles. The van der Waals surface area contributed by atoms with Gasteiger partial charge in [0, 0.05) is 5.56 Å². The van der Waals surface area contributed by atoms with E-state index in [9.17, 15) is 8.78 Å². The molecule has 68 valence electrons. The van der Waals surface area contributed by atoms with Crippen LogP contribution in [-0.4, -0.2) is 7.11 Å². The number of halogens is 2. The van der Waals surface area contributed by atoms with E-state index in [-0.39, 0.29) is 11.1 Å². The minimum Gasteiger partial charge on any atom is -0.497 e. The number of rotatable bonds is 2. The summed E-state index contributed by atoms with van der Waals surface area (Å²) in [7, 11) is 1.42. The summed E-state index contributed by atoms with van der Waals surface area (Å²) < 4.78 is 29.3. The van der Waals surface area contributed by atoms with Gasteiger partial charge in [-0.15, -0.1) is 0 Å². The molecule has 0 aliphatic heterocycles. The van der Waals surface area contributed by atoms with Crippen LogP contribution in [0.2, 0.25) is 0 Å². The summed E-state index contributed by atoms with van der Waals surface area (Å²) in [4.78, 5) is 0. The summed E-state index contributed by atoms with van der Waals surface area (Å²) in [5.41, 5.74) is -0.308. The maximum Gasteiger partial charge on any atom is 0.265 e. The summed E-state index contributed by atoms with van der Waals surface area (Å²) >= 11 is 0. The average Bonchev–Trinajstić information content (AvgIpc) is 2.16. The van der Waals surface area contributed by atoms with Crippen molar-refractivity contribution in [3.05, 3.63) is 29.3 Å². The van der Waals surface area contributed by atoms with Gasteiger partial charge in [0.1, 0.15) is 5.75 Å². The highest BCUT2D eigenvalue weighted by Crippen LogP contribution is 2.25. The van der Waals surface area contributed by atoms with Crippen molar-refractivity contribution >= 4 is 0 Å². The quantitative estimate of drug-likeness (QED) is 0.705. The Hall–Kier alpha value is -1.63. The van der Waals surface area contributed by atoms with E-state index in [4.69, 9.17) is 10.00 Å². The number of hydrogen-bond acceptors (Lipinski definition) is 2. The number of benzene rings is 1. The zero-order valence-corrected chi connectivity index (χ0v) is 6.92. The molecule has 0 atom stereocenters. The van der Waals surface area contributed by atoms with Crippen molar-refractivity contribution in [1.29, 1.82) is 5.26 Å². The molecule has 0 saturated carbocycles. The second-order valence-corrected chi connectivity index (χ2v) is 2.37. The van der Waals surface area contributed by atoms with Crippen molar-refractivity contribution in [3.63, 3.8) is 0 Å². The van der Waals surface area contributed by atoms with Gasteiger partial charge in [0.25, 0.3) is 6.43 Å². The normalized spacial score (nSPS) is 9.77. The molecule has 0 aliphatic rings. The summed E-state index contributed by atoms with van der Waals surface area (Å²) in [6, 6.07) is 5.59. The Morgan fingerprint density at radius 1 is 1.46 bits per heavy atom. The molecule has 0 amide bonds. The molecule has 13 heavy (non-hydrogen) atoms. The summed E-state index contributed by atoms with van der Waals surface area (Å²) in [6.07, 6.45) is -2.62. The van der Waals surface area contributed by atoms with Crippen LogP contribution in [0.1, 0.15) is 17.6 Å². The lowest BCUT2D eigenvalue weighted by Crippen LogP contribution is -1.91. The summed E-state index contributed by atoms with van der Waals surface area (Å²) in [6.45, 7) is 0. The fourth-order valence-corrected chi connectivity index (χ4v) is 0.949. The maximum absolute atomic E-state index is 12.3. The Kier molecular flexibility index (Phi) is 2.80. The van der Waals surface area contributed by atoms with Crippen molar-refractivity contribution in [2.75, 3.05) is 7.11 Å². The van der Waals surface area contributed by atoms with Gasteiger partial charge in [0.15, 0.2) is 0 Å². The largest absolute Gasteiger partial charge is 0.497 e. The highest BCUT2D eigenvalue weighted by Gasteiger charge is 2.12. The molecule has 1 rings (SSSR count). The van der Waals surface area contributed by atoms with Crippen LogP contribution in [0.3, 0.4) is 0 Å². The molecule has 0 radical (unpaired) electrons. The smallest absolute Gasteiger partial charge is 0.265 e. The lowest BCUT2D eigenvalue weighted by atomic mass is 10.1. The Bertz CT molecular complexity index is 344. The Labute approximate surface area is 74.4 Å². The summed E-state index contributed by atoms with van der Waals surface area (Å²) in [5, 5.41) is 8.55. The molecule has 0 bridgehead atoms. The van der Waals surface area contributed by atoms with E-state index in [2.05, 4.69) is 0 Å². The minimum atomic E-state index is -2.62. The molecule has 2 nitrogen and oxygen atoms in total. The first-order valence-corrected chi connectivity index (χ1v) is 3.55. The first-order valence-electron chi connectivity index (χ1n) is 3.55. The lowest BCUT2D eigenvalue weighted by molar-refractivity contribution is 0.151. The van der Waals surface area contributed by atoms with Crippen LogP contribution in [0.4, 0.5) is 8.78 Å². The third kappa shape index (κ3) is 1.94. The Morgan fingerprint density at radius 2 is 2.15 bits per heavy atom. The van der Waals surface area contributed by atoms with Gasteiger partial charge >= 0.3 is 0 Å². The number of alkyl halides is 2. The van der Waals surface area contributed by atoms with E-state index < -0.39 is 6.43 Å². The molecule has 1 aromatic rings. The molecule has 0 aromatic heterocycles. The third-order valence-electron chi connectivity index (χ3n) is 1.62. The standard InChI is InChI=1S/C9H7F2NO/c1-13-7-2-3-8(9(10)11)6(4-7)5-12/h2-4,9H,1H3. The fraction of sp³-hybridized carbons (Fsp3) is 0.222. The number of methoxy groups -OCH3 is 1. The van der Waals surface area contributed by atoms with Crippen molar-refractivity contribution in [2.24, 2.45) is 0 Å². The molecule has 0 heterocycles. The summed E-state index contributed by atoms with van der Waals surface area (Å²) in [5.74, 6) is 0.404. The van der Waals surface area contributed by atoms with Gasteiger partial charge in [-0.25, -0.2) is 8.78 Å². The first-order chi connectivity index (χ1) is 6.19. The fourth-order valence-electron chi connectivity index (χ4n) is 0.949. The van der Waals surface area contributed by atoms with Crippen molar-refractivity contribution in [1.82, 2.24) is 0 Å². The zero-order chi connectivity index (χ0) is 9.84. The molecule has 0 aliphatic carbocycles. The van der Waals surface area contributed by atoms with E-state index in [1.54, 1.807) is 6.07 Å². The average molecular weight is 183 g/mol. The van der Waals surface area contributed by atoms with E-state index in [1.807, 2.05) is 0 Å². The molecule has 0 spiro atoms. The van der Waals surface area contributed by atoms with Crippen LogP contribution in [0, 0.1) is 11.3 Å². The van der Waals surface area contributed by atoms with Gasteiger partial charge < -0.3 is 4.74 Å². The second-order valence-electron chi connectivity index (χ2n) is 2.37. The highest BCUT2D eigenvalue weighted by atomic mass is 19.3. The lowest BCUT2D eigenvalue weighted by Gasteiger charge is -2.04. The van der Waals surface area contributed by atoms with Crippen LogP contribution in [-0.2, 0) is 0 Å². The molecular formula is C9H7F2NO. The molecule has 1 aromatic carbocycles. The van der Waals surface area contributed by atoms with Crippen LogP contribution < -0.4 is 4.74 Å². The number of hydrogen-bond donors (Lipinski definition) is 0. The Morgan fingerprint density at radius 3 is 2.62 bits per heavy atom. The van der Waals surface area contributed by atoms with Gasteiger partial charge in [0.05, 0.1) is 18.7 Å². The van der Waals surface area contributed by atoms with Crippen LogP contribution in [0.25, 0.3) is 0 Å². The second kappa shape index (κ2) is 3.85. The predicted molar refractivity (Wildman–Crippen MR) is 42.7 cm³/mol.